The van der Waals surface area contributed by atoms with E-state index in [1.807, 2.05) is 73.5 Å². The van der Waals surface area contributed by atoms with Crippen molar-refractivity contribution in [3.05, 3.63) is 94.3 Å². The van der Waals surface area contributed by atoms with Gasteiger partial charge >= 0.3 is 5.97 Å². The number of esters is 1. The van der Waals surface area contributed by atoms with E-state index in [1.165, 1.54) is 0 Å². The maximum absolute atomic E-state index is 15.9. The summed E-state index contributed by atoms with van der Waals surface area (Å²) in [5, 5.41) is 13.3. The zero-order chi connectivity index (χ0) is 24.2. The number of fused-ring (bicyclic) bond motifs is 1. The van der Waals surface area contributed by atoms with E-state index in [9.17, 15) is 9.90 Å². The van der Waals surface area contributed by atoms with Gasteiger partial charge in [0.05, 0.1) is 18.7 Å². The van der Waals surface area contributed by atoms with Crippen molar-refractivity contribution in [2.45, 2.75) is 39.4 Å². The summed E-state index contributed by atoms with van der Waals surface area (Å²) in [6, 6.07) is 18.7. The first-order valence-electron chi connectivity index (χ1n) is 11.4. The SMILES string of the molecule is CCN1NN(C)c2c1ccc([C@@H](CC(=O)OCc1ccccc1)c1ccc(C)c(CO)c1)c2F. The summed E-state index contributed by atoms with van der Waals surface area (Å²) in [6.45, 7) is 4.59. The van der Waals surface area contributed by atoms with Crippen LogP contribution in [0.5, 0.6) is 0 Å². The predicted molar refractivity (Wildman–Crippen MR) is 131 cm³/mol. The second kappa shape index (κ2) is 10.2. The number of nitrogens with one attached hydrogen (secondary N) is 1. The number of ether oxygens (including phenoxy) is 1. The van der Waals surface area contributed by atoms with Crippen molar-refractivity contribution in [1.82, 2.24) is 5.53 Å². The second-order valence-electron chi connectivity index (χ2n) is 8.49. The summed E-state index contributed by atoms with van der Waals surface area (Å²) in [6.07, 6.45) is -0.0227. The van der Waals surface area contributed by atoms with Crippen molar-refractivity contribution in [1.29, 1.82) is 0 Å². The molecule has 0 spiro atoms. The molecule has 0 bridgehead atoms. The van der Waals surface area contributed by atoms with E-state index in [1.54, 1.807) is 18.1 Å². The van der Waals surface area contributed by atoms with Gasteiger partial charge in [-0.15, -0.1) is 5.53 Å². The third-order valence-corrected chi connectivity index (χ3v) is 6.27. The van der Waals surface area contributed by atoms with Crippen LogP contribution in [0, 0.1) is 12.7 Å². The summed E-state index contributed by atoms with van der Waals surface area (Å²) in [5.41, 5.74) is 8.05. The number of aryl methyl sites for hydroxylation is 1. The van der Waals surface area contributed by atoms with Gasteiger partial charge in [0.25, 0.3) is 0 Å². The van der Waals surface area contributed by atoms with Crippen LogP contribution in [0.25, 0.3) is 0 Å². The Morgan fingerprint density at radius 2 is 1.91 bits per heavy atom. The van der Waals surface area contributed by atoms with Gasteiger partial charge in [0.2, 0.25) is 0 Å². The lowest BCUT2D eigenvalue weighted by Gasteiger charge is -2.21. The first-order chi connectivity index (χ1) is 16.4. The molecule has 0 saturated heterocycles. The molecule has 3 aromatic rings. The molecule has 1 heterocycles. The number of halogens is 1. The number of benzene rings is 3. The Kier molecular flexibility index (Phi) is 7.14. The number of aliphatic hydroxyl groups is 1. The van der Waals surface area contributed by atoms with E-state index in [0.717, 1.165) is 27.9 Å². The summed E-state index contributed by atoms with van der Waals surface area (Å²) >= 11 is 0. The van der Waals surface area contributed by atoms with E-state index in [0.29, 0.717) is 17.8 Å². The Bertz CT molecular complexity index is 1170. The van der Waals surface area contributed by atoms with Crippen molar-refractivity contribution in [3.63, 3.8) is 0 Å². The molecule has 1 aliphatic heterocycles. The molecule has 0 aliphatic carbocycles. The van der Waals surface area contributed by atoms with Gasteiger partial charge < -0.3 is 9.84 Å². The number of anilines is 2. The molecule has 7 heteroatoms. The molecule has 178 valence electrons. The van der Waals surface area contributed by atoms with Crippen LogP contribution in [0.2, 0.25) is 0 Å². The van der Waals surface area contributed by atoms with Gasteiger partial charge in [0.1, 0.15) is 12.3 Å². The molecule has 0 saturated carbocycles. The van der Waals surface area contributed by atoms with Crippen molar-refractivity contribution >= 4 is 17.3 Å². The normalized spacial score (nSPS) is 13.7. The zero-order valence-corrected chi connectivity index (χ0v) is 19.7. The lowest BCUT2D eigenvalue weighted by Crippen LogP contribution is -2.42. The smallest absolute Gasteiger partial charge is 0.307 e. The number of hydrogen-bond donors (Lipinski definition) is 2. The lowest BCUT2D eigenvalue weighted by atomic mass is 9.86. The minimum Gasteiger partial charge on any atom is -0.461 e. The van der Waals surface area contributed by atoms with Gasteiger partial charge in [-0.25, -0.2) is 4.39 Å². The molecule has 1 atom stereocenters. The maximum atomic E-state index is 15.9. The van der Waals surface area contributed by atoms with Gasteiger partial charge in [-0.05, 0) is 47.7 Å². The molecule has 2 N–H and O–H groups in total. The van der Waals surface area contributed by atoms with E-state index in [2.05, 4.69) is 5.53 Å². The molecule has 4 rings (SSSR count). The van der Waals surface area contributed by atoms with E-state index >= 15 is 4.39 Å². The molecule has 34 heavy (non-hydrogen) atoms. The number of hydrazine groups is 2. The van der Waals surface area contributed by atoms with E-state index < -0.39 is 11.9 Å². The fraction of sp³-hybridized carbons (Fsp3) is 0.296. The van der Waals surface area contributed by atoms with Crippen molar-refractivity contribution in [2.24, 2.45) is 0 Å². The molecule has 0 unspecified atom stereocenters. The van der Waals surface area contributed by atoms with Crippen LogP contribution in [0.1, 0.15) is 47.1 Å². The molecule has 0 aromatic heterocycles. The van der Waals surface area contributed by atoms with Crippen LogP contribution in [0.15, 0.2) is 60.7 Å². The Hall–Kier alpha value is -3.42. The van der Waals surface area contributed by atoms with Crippen LogP contribution in [0.4, 0.5) is 15.8 Å². The Balaban J connectivity index is 1.69. The third kappa shape index (κ3) is 4.76. The average molecular weight is 464 g/mol. The van der Waals surface area contributed by atoms with E-state index in [-0.39, 0.29) is 25.5 Å². The molecule has 1 aliphatic rings. The van der Waals surface area contributed by atoms with Crippen molar-refractivity contribution < 1.29 is 19.0 Å². The third-order valence-electron chi connectivity index (χ3n) is 6.27. The highest BCUT2D eigenvalue weighted by molar-refractivity contribution is 5.77. The summed E-state index contributed by atoms with van der Waals surface area (Å²) in [7, 11) is 1.76. The molecule has 0 radical (unpaired) electrons. The van der Waals surface area contributed by atoms with Crippen LogP contribution < -0.4 is 15.6 Å². The Morgan fingerprint density at radius 3 is 2.62 bits per heavy atom. The average Bonchev–Trinajstić information content (AvgIpc) is 3.19. The zero-order valence-electron chi connectivity index (χ0n) is 19.7. The largest absolute Gasteiger partial charge is 0.461 e. The Morgan fingerprint density at radius 1 is 1.15 bits per heavy atom. The van der Waals surface area contributed by atoms with Crippen molar-refractivity contribution in [3.8, 4) is 0 Å². The van der Waals surface area contributed by atoms with Gasteiger partial charge in [-0.2, -0.15) is 0 Å². The first-order valence-corrected chi connectivity index (χ1v) is 11.4. The number of carbonyl (C=O) groups excluding carboxylic acids is 1. The summed E-state index contributed by atoms with van der Waals surface area (Å²) in [4.78, 5) is 12.9. The van der Waals surface area contributed by atoms with Gasteiger partial charge in [-0.1, -0.05) is 54.6 Å². The highest BCUT2D eigenvalue weighted by atomic mass is 19.1. The van der Waals surface area contributed by atoms with Crippen LogP contribution in [0.3, 0.4) is 0 Å². The molecule has 0 amide bonds. The number of nitrogens with zero attached hydrogens (tertiary/aromatic N) is 2. The van der Waals surface area contributed by atoms with Crippen molar-refractivity contribution in [2.75, 3.05) is 23.6 Å². The predicted octanol–water partition coefficient (Wildman–Crippen LogP) is 4.59. The topological polar surface area (TPSA) is 65.0 Å². The lowest BCUT2D eigenvalue weighted by molar-refractivity contribution is -0.145. The fourth-order valence-electron chi connectivity index (χ4n) is 4.35. The van der Waals surface area contributed by atoms with Gasteiger partial charge in [0.15, 0.2) is 5.82 Å². The molecule has 3 aromatic carbocycles. The standard InChI is InChI=1S/C27H30FN3O3/c1-4-31-24-13-12-22(26(28)27(24)30(3)29-31)23(20-11-10-18(2)21(14-20)16-32)15-25(33)34-17-19-8-6-5-7-9-19/h5-14,23,29,32H,4,15-17H2,1-3H3/t23-/m0/s1. The highest BCUT2D eigenvalue weighted by Crippen LogP contribution is 2.41. The number of hydrogen-bond acceptors (Lipinski definition) is 6. The quantitative estimate of drug-likeness (QED) is 0.477. The number of carbonyl (C=O) groups is 1. The summed E-state index contributed by atoms with van der Waals surface area (Å²) in [5.74, 6) is -1.36. The van der Waals surface area contributed by atoms with Gasteiger partial charge in [-0.3, -0.25) is 14.8 Å². The highest BCUT2D eigenvalue weighted by Gasteiger charge is 2.31. The fourth-order valence-corrected chi connectivity index (χ4v) is 4.35. The second-order valence-corrected chi connectivity index (χ2v) is 8.49. The van der Waals surface area contributed by atoms with Crippen LogP contribution >= 0.6 is 0 Å². The molecule has 6 nitrogen and oxygen atoms in total. The summed E-state index contributed by atoms with van der Waals surface area (Å²) < 4.78 is 21.5. The molecule has 0 fully saturated rings. The number of aliphatic hydroxyl groups excluding tert-OH is 1. The van der Waals surface area contributed by atoms with Crippen LogP contribution in [-0.2, 0) is 22.7 Å². The van der Waals surface area contributed by atoms with E-state index in [4.69, 9.17) is 4.74 Å². The molecular weight excluding hydrogens is 433 g/mol. The maximum Gasteiger partial charge on any atom is 0.307 e. The minimum absolute atomic E-state index is 0.0227. The van der Waals surface area contributed by atoms with Crippen LogP contribution in [-0.4, -0.2) is 24.7 Å². The number of rotatable bonds is 8. The van der Waals surface area contributed by atoms with Gasteiger partial charge in [0, 0.05) is 19.5 Å². The first kappa shape index (κ1) is 23.7. The Labute approximate surface area is 199 Å². The molecular formula is C27H30FN3O3. The monoisotopic (exact) mass is 463 g/mol. The minimum atomic E-state index is -0.566.